The molecule has 2 aromatic rings. The van der Waals surface area contributed by atoms with Crippen LogP contribution in [0.5, 0.6) is 11.5 Å². The first-order valence-corrected chi connectivity index (χ1v) is 11.0. The molecule has 0 spiro atoms. The molecule has 0 saturated carbocycles. The van der Waals surface area contributed by atoms with Gasteiger partial charge in [-0.3, -0.25) is 4.79 Å². The molecule has 0 aliphatic carbocycles. The third kappa shape index (κ3) is 5.53. The maximum Gasteiger partial charge on any atom is 0.317 e. The zero-order chi connectivity index (χ0) is 22.3. The Hall–Kier alpha value is -3.20. The minimum Gasteiger partial charge on any atom is -0.467 e. The number of furan rings is 1. The molecule has 4 rings (SSSR count). The van der Waals surface area contributed by atoms with E-state index in [9.17, 15) is 9.59 Å². The summed E-state index contributed by atoms with van der Waals surface area (Å²) in [7, 11) is 0. The molecule has 1 aromatic carbocycles. The van der Waals surface area contributed by atoms with Crippen molar-refractivity contribution in [2.75, 3.05) is 33.0 Å². The SMILES string of the molecule is CCNC(=O)N(CC(=O)N(Cc1ccc2c(c1)OCO2)Cc1ccco1)CC1CCCO1. The Kier molecular flexibility index (Phi) is 7.16. The third-order valence-corrected chi connectivity index (χ3v) is 5.48. The van der Waals surface area contributed by atoms with Gasteiger partial charge in [-0.05, 0) is 49.6 Å². The van der Waals surface area contributed by atoms with Crippen molar-refractivity contribution in [1.29, 1.82) is 0 Å². The van der Waals surface area contributed by atoms with Crippen LogP contribution >= 0.6 is 0 Å². The third-order valence-electron chi connectivity index (χ3n) is 5.48. The molecule has 0 radical (unpaired) electrons. The lowest BCUT2D eigenvalue weighted by molar-refractivity contribution is -0.133. The monoisotopic (exact) mass is 443 g/mol. The number of hydrogen-bond donors (Lipinski definition) is 1. The molecule has 172 valence electrons. The average molecular weight is 444 g/mol. The second-order valence-corrected chi connectivity index (χ2v) is 7.87. The summed E-state index contributed by atoms with van der Waals surface area (Å²) in [5.41, 5.74) is 0.901. The first-order chi connectivity index (χ1) is 15.6. The number of fused-ring (bicyclic) bond motifs is 1. The predicted octanol–water partition coefficient (Wildman–Crippen LogP) is 2.75. The first-order valence-electron chi connectivity index (χ1n) is 11.0. The van der Waals surface area contributed by atoms with Gasteiger partial charge in [-0.25, -0.2) is 4.79 Å². The summed E-state index contributed by atoms with van der Waals surface area (Å²) < 4.78 is 22.0. The van der Waals surface area contributed by atoms with Gasteiger partial charge < -0.3 is 33.7 Å². The van der Waals surface area contributed by atoms with Crippen LogP contribution in [0.25, 0.3) is 0 Å². The number of nitrogens with one attached hydrogen (secondary N) is 1. The first kappa shape index (κ1) is 22.0. The van der Waals surface area contributed by atoms with Crippen LogP contribution in [0.15, 0.2) is 41.0 Å². The summed E-state index contributed by atoms with van der Waals surface area (Å²) >= 11 is 0. The minimum atomic E-state index is -0.266. The fourth-order valence-corrected chi connectivity index (χ4v) is 3.86. The van der Waals surface area contributed by atoms with Crippen LogP contribution in [0.3, 0.4) is 0 Å². The van der Waals surface area contributed by atoms with Gasteiger partial charge in [0.25, 0.3) is 0 Å². The Labute approximate surface area is 187 Å². The molecule has 32 heavy (non-hydrogen) atoms. The van der Waals surface area contributed by atoms with Crippen molar-refractivity contribution in [1.82, 2.24) is 15.1 Å². The maximum absolute atomic E-state index is 13.4. The summed E-state index contributed by atoms with van der Waals surface area (Å²) in [6.45, 7) is 4.21. The van der Waals surface area contributed by atoms with Crippen LogP contribution in [0.2, 0.25) is 0 Å². The second-order valence-electron chi connectivity index (χ2n) is 7.87. The van der Waals surface area contributed by atoms with Gasteiger partial charge in [0, 0.05) is 26.2 Å². The van der Waals surface area contributed by atoms with E-state index in [-0.39, 0.29) is 31.4 Å². The summed E-state index contributed by atoms with van der Waals surface area (Å²) in [6, 6.07) is 8.97. The number of amides is 3. The normalized spacial score (nSPS) is 16.7. The molecule has 9 heteroatoms. The van der Waals surface area contributed by atoms with Crippen molar-refractivity contribution in [2.24, 2.45) is 0 Å². The molecule has 1 N–H and O–H groups in total. The summed E-state index contributed by atoms with van der Waals surface area (Å²) in [6.07, 6.45) is 3.39. The van der Waals surface area contributed by atoms with Gasteiger partial charge in [-0.2, -0.15) is 0 Å². The molecule has 9 nitrogen and oxygen atoms in total. The summed E-state index contributed by atoms with van der Waals surface area (Å²) in [5, 5.41) is 2.80. The lowest BCUT2D eigenvalue weighted by Gasteiger charge is -2.29. The topological polar surface area (TPSA) is 93.5 Å². The van der Waals surface area contributed by atoms with Crippen molar-refractivity contribution in [2.45, 2.75) is 39.0 Å². The maximum atomic E-state index is 13.4. The summed E-state index contributed by atoms with van der Waals surface area (Å²) in [4.78, 5) is 29.2. The predicted molar refractivity (Wildman–Crippen MR) is 115 cm³/mol. The molecular formula is C23H29N3O6. The van der Waals surface area contributed by atoms with E-state index in [1.807, 2.05) is 31.2 Å². The standard InChI is InChI=1S/C23H29N3O6/c1-2-24-23(28)26(14-19-6-4-10-30-19)15-22(27)25(13-18-5-3-9-29-18)12-17-7-8-20-21(11-17)32-16-31-20/h3,5,7-9,11,19H,2,4,6,10,12-16H2,1H3,(H,24,28). The molecule has 2 aliphatic rings. The number of carbonyl (C=O) groups is 2. The van der Waals surface area contributed by atoms with Gasteiger partial charge in [0.2, 0.25) is 12.7 Å². The van der Waals surface area contributed by atoms with Crippen LogP contribution in [0.1, 0.15) is 31.1 Å². The van der Waals surface area contributed by atoms with E-state index in [0.717, 1.165) is 18.4 Å². The van der Waals surface area contributed by atoms with Crippen molar-refractivity contribution in [3.8, 4) is 11.5 Å². The molecule has 1 atom stereocenters. The number of urea groups is 1. The highest BCUT2D eigenvalue weighted by molar-refractivity contribution is 5.84. The fourth-order valence-electron chi connectivity index (χ4n) is 3.86. The molecule has 1 aromatic heterocycles. The molecule has 0 bridgehead atoms. The Morgan fingerprint density at radius 1 is 1.12 bits per heavy atom. The Morgan fingerprint density at radius 2 is 2.00 bits per heavy atom. The van der Waals surface area contributed by atoms with E-state index >= 15 is 0 Å². The Balaban J connectivity index is 1.49. The van der Waals surface area contributed by atoms with Gasteiger partial charge in [-0.1, -0.05) is 6.07 Å². The number of benzene rings is 1. The van der Waals surface area contributed by atoms with Gasteiger partial charge in [-0.15, -0.1) is 0 Å². The lowest BCUT2D eigenvalue weighted by Crippen LogP contribution is -2.49. The van der Waals surface area contributed by atoms with Crippen molar-refractivity contribution in [3.63, 3.8) is 0 Å². The lowest BCUT2D eigenvalue weighted by atomic mass is 10.1. The van der Waals surface area contributed by atoms with Gasteiger partial charge in [0.1, 0.15) is 12.3 Å². The molecule has 3 amide bonds. The van der Waals surface area contributed by atoms with Crippen molar-refractivity contribution in [3.05, 3.63) is 47.9 Å². The molecule has 1 fully saturated rings. The van der Waals surface area contributed by atoms with E-state index in [4.69, 9.17) is 18.6 Å². The van der Waals surface area contributed by atoms with Crippen LogP contribution in [-0.4, -0.2) is 60.9 Å². The quantitative estimate of drug-likeness (QED) is 0.641. The second kappa shape index (κ2) is 10.4. The van der Waals surface area contributed by atoms with E-state index in [1.165, 1.54) is 4.90 Å². The van der Waals surface area contributed by atoms with Crippen LogP contribution in [0, 0.1) is 0 Å². The molecule has 1 unspecified atom stereocenters. The van der Waals surface area contributed by atoms with Crippen molar-refractivity contribution >= 4 is 11.9 Å². The van der Waals surface area contributed by atoms with E-state index in [1.54, 1.807) is 17.2 Å². The van der Waals surface area contributed by atoms with E-state index < -0.39 is 0 Å². The van der Waals surface area contributed by atoms with E-state index in [0.29, 0.717) is 50.0 Å². The molecule has 3 heterocycles. The zero-order valence-electron chi connectivity index (χ0n) is 18.2. The number of hydrogen-bond acceptors (Lipinski definition) is 6. The van der Waals surface area contributed by atoms with Gasteiger partial charge in [0.05, 0.1) is 18.9 Å². The van der Waals surface area contributed by atoms with Gasteiger partial charge in [0.15, 0.2) is 11.5 Å². The zero-order valence-corrected chi connectivity index (χ0v) is 18.2. The number of nitrogens with zero attached hydrogens (tertiary/aromatic N) is 2. The van der Waals surface area contributed by atoms with Crippen molar-refractivity contribution < 1.29 is 28.2 Å². The molecule has 1 saturated heterocycles. The highest BCUT2D eigenvalue weighted by atomic mass is 16.7. The highest BCUT2D eigenvalue weighted by Gasteiger charge is 2.27. The largest absolute Gasteiger partial charge is 0.467 e. The fraction of sp³-hybridized carbons (Fsp3) is 0.478. The Morgan fingerprint density at radius 3 is 2.75 bits per heavy atom. The minimum absolute atomic E-state index is 0.0437. The van der Waals surface area contributed by atoms with E-state index in [2.05, 4.69) is 5.32 Å². The van der Waals surface area contributed by atoms with Gasteiger partial charge >= 0.3 is 6.03 Å². The number of rotatable bonds is 9. The smallest absolute Gasteiger partial charge is 0.317 e. The molecular weight excluding hydrogens is 414 g/mol. The van der Waals surface area contributed by atoms with Crippen LogP contribution in [0.4, 0.5) is 4.79 Å². The Bertz CT molecular complexity index is 910. The van der Waals surface area contributed by atoms with Crippen LogP contribution < -0.4 is 14.8 Å². The van der Waals surface area contributed by atoms with Crippen LogP contribution in [-0.2, 0) is 22.6 Å². The average Bonchev–Trinajstić information content (AvgIpc) is 3.55. The highest BCUT2D eigenvalue weighted by Crippen LogP contribution is 2.33. The number of ether oxygens (including phenoxy) is 3. The molecule has 2 aliphatic heterocycles. The summed E-state index contributed by atoms with van der Waals surface area (Å²) in [5.74, 6) is 1.85. The number of carbonyl (C=O) groups excluding carboxylic acids is 2.